The highest BCUT2D eigenvalue weighted by Crippen LogP contribution is 2.43. The van der Waals surface area contributed by atoms with E-state index < -0.39 is 0 Å². The lowest BCUT2D eigenvalue weighted by atomic mass is 9.82. The third-order valence-electron chi connectivity index (χ3n) is 7.60. The summed E-state index contributed by atoms with van der Waals surface area (Å²) < 4.78 is 13.0. The van der Waals surface area contributed by atoms with Crippen molar-refractivity contribution in [2.45, 2.75) is 60.3 Å². The maximum absolute atomic E-state index is 6.73. The van der Waals surface area contributed by atoms with E-state index in [1.54, 1.807) is 0 Å². The number of fused-ring (bicyclic) bond motifs is 3. The van der Waals surface area contributed by atoms with Crippen LogP contribution in [0, 0.1) is 19.8 Å². The van der Waals surface area contributed by atoms with E-state index in [4.69, 9.17) is 13.8 Å². The van der Waals surface area contributed by atoms with Crippen LogP contribution < -0.4 is 0 Å². The molecule has 0 aliphatic heterocycles. The number of aromatic nitrogens is 1. The standard InChI is InChI=1S/C35H35NO2/c1-20(2)16-23-12-13-28-30(17-23)37-22(4)31(28)33-21(3)26-14-15-36-32(34(26)38-33)25-18-24-10-8-9-11-27(24)29(19-25)35(5,6)7/h8-15,17-20H,16H2,1-7H3. The van der Waals surface area contributed by atoms with Gasteiger partial charge in [0.05, 0.1) is 5.56 Å². The number of pyridine rings is 1. The fourth-order valence-electron chi connectivity index (χ4n) is 5.80. The number of rotatable bonds is 4. The van der Waals surface area contributed by atoms with Gasteiger partial charge in [-0.3, -0.25) is 4.98 Å². The van der Waals surface area contributed by atoms with Crippen LogP contribution in [0.15, 0.2) is 75.7 Å². The number of aryl methyl sites for hydroxylation is 2. The SMILES string of the molecule is Cc1oc2cc(CC(C)C)ccc2c1-c1oc2c(-c3cc(C(C)(C)C)c4ccccc4c3)nccc2c1C. The van der Waals surface area contributed by atoms with Crippen LogP contribution in [0.4, 0.5) is 0 Å². The lowest BCUT2D eigenvalue weighted by Crippen LogP contribution is -2.12. The molecule has 3 aromatic carbocycles. The molecule has 0 atom stereocenters. The van der Waals surface area contributed by atoms with E-state index >= 15 is 0 Å². The van der Waals surface area contributed by atoms with Crippen molar-refractivity contribution in [1.29, 1.82) is 0 Å². The van der Waals surface area contributed by atoms with Crippen molar-refractivity contribution in [1.82, 2.24) is 4.98 Å². The van der Waals surface area contributed by atoms with Crippen LogP contribution in [0.25, 0.3) is 55.3 Å². The molecular weight excluding hydrogens is 466 g/mol. The molecule has 3 heteroatoms. The molecule has 0 unspecified atom stereocenters. The Hall–Kier alpha value is -3.85. The Balaban J connectivity index is 1.56. The van der Waals surface area contributed by atoms with E-state index in [0.717, 1.165) is 62.3 Å². The molecule has 0 saturated carbocycles. The van der Waals surface area contributed by atoms with E-state index in [2.05, 4.69) is 102 Å². The van der Waals surface area contributed by atoms with Crippen molar-refractivity contribution >= 4 is 32.7 Å². The van der Waals surface area contributed by atoms with Crippen LogP contribution in [0.3, 0.4) is 0 Å². The minimum atomic E-state index is -0.00497. The largest absolute Gasteiger partial charge is 0.461 e. The van der Waals surface area contributed by atoms with Gasteiger partial charge in [0.1, 0.15) is 22.8 Å². The predicted molar refractivity (Wildman–Crippen MR) is 159 cm³/mol. The summed E-state index contributed by atoms with van der Waals surface area (Å²) in [6.45, 7) is 15.4. The first-order chi connectivity index (χ1) is 18.1. The summed E-state index contributed by atoms with van der Waals surface area (Å²) in [6, 6.07) is 21.8. The number of nitrogens with zero attached hydrogens (tertiary/aromatic N) is 1. The van der Waals surface area contributed by atoms with Gasteiger partial charge in [-0.15, -0.1) is 0 Å². The van der Waals surface area contributed by atoms with Crippen molar-refractivity contribution in [3.05, 3.63) is 89.3 Å². The van der Waals surface area contributed by atoms with Gasteiger partial charge in [0.15, 0.2) is 5.58 Å². The average molecular weight is 502 g/mol. The van der Waals surface area contributed by atoms with Gasteiger partial charge < -0.3 is 8.83 Å². The molecule has 192 valence electrons. The van der Waals surface area contributed by atoms with Gasteiger partial charge in [-0.2, -0.15) is 0 Å². The molecule has 0 fully saturated rings. The molecular formula is C35H35NO2. The molecule has 0 amide bonds. The highest BCUT2D eigenvalue weighted by Gasteiger charge is 2.24. The monoisotopic (exact) mass is 501 g/mol. The highest BCUT2D eigenvalue weighted by atomic mass is 16.4. The maximum atomic E-state index is 6.73. The lowest BCUT2D eigenvalue weighted by Gasteiger charge is -2.22. The summed E-state index contributed by atoms with van der Waals surface area (Å²) in [4.78, 5) is 4.85. The van der Waals surface area contributed by atoms with Gasteiger partial charge in [0.25, 0.3) is 0 Å². The number of hydrogen-bond donors (Lipinski definition) is 0. The topological polar surface area (TPSA) is 39.2 Å². The predicted octanol–water partition coefficient (Wildman–Crippen LogP) is 10.2. The molecule has 3 nitrogen and oxygen atoms in total. The molecule has 0 radical (unpaired) electrons. The Morgan fingerprint density at radius 1 is 0.842 bits per heavy atom. The summed E-state index contributed by atoms with van der Waals surface area (Å²) in [5.41, 5.74) is 8.42. The second-order valence-corrected chi connectivity index (χ2v) is 12.0. The third kappa shape index (κ3) is 4.01. The van der Waals surface area contributed by atoms with Crippen LogP contribution in [0.5, 0.6) is 0 Å². The lowest BCUT2D eigenvalue weighted by molar-refractivity contribution is 0.572. The van der Waals surface area contributed by atoms with Crippen LogP contribution in [-0.2, 0) is 11.8 Å². The first kappa shape index (κ1) is 24.5. The van der Waals surface area contributed by atoms with Crippen molar-refractivity contribution in [3.63, 3.8) is 0 Å². The Kier molecular flexibility index (Phi) is 5.72. The minimum absolute atomic E-state index is 0.00497. The van der Waals surface area contributed by atoms with Gasteiger partial charge >= 0.3 is 0 Å². The third-order valence-corrected chi connectivity index (χ3v) is 7.60. The van der Waals surface area contributed by atoms with Gasteiger partial charge in [-0.05, 0) is 77.8 Å². The minimum Gasteiger partial charge on any atom is -0.461 e. The summed E-state index contributed by atoms with van der Waals surface area (Å²) in [6.07, 6.45) is 2.93. The second-order valence-electron chi connectivity index (χ2n) is 12.0. The maximum Gasteiger partial charge on any atom is 0.161 e. The molecule has 38 heavy (non-hydrogen) atoms. The fraction of sp³-hybridized carbons (Fsp3) is 0.286. The quantitative estimate of drug-likeness (QED) is 0.241. The average Bonchev–Trinajstić information content (AvgIpc) is 3.37. The molecule has 0 saturated heterocycles. The van der Waals surface area contributed by atoms with E-state index in [9.17, 15) is 0 Å². The molecule has 0 spiro atoms. The Bertz CT molecular complexity index is 1820. The fourth-order valence-corrected chi connectivity index (χ4v) is 5.80. The van der Waals surface area contributed by atoms with Crippen molar-refractivity contribution < 1.29 is 8.83 Å². The second kappa shape index (κ2) is 8.87. The summed E-state index contributed by atoms with van der Waals surface area (Å²) in [7, 11) is 0. The molecule has 6 rings (SSSR count). The molecule has 3 aromatic heterocycles. The van der Waals surface area contributed by atoms with Gasteiger partial charge in [-0.25, -0.2) is 0 Å². The molecule has 0 bridgehead atoms. The Morgan fingerprint density at radius 3 is 2.39 bits per heavy atom. The molecule has 0 aliphatic rings. The first-order valence-electron chi connectivity index (χ1n) is 13.6. The van der Waals surface area contributed by atoms with E-state index in [-0.39, 0.29) is 5.41 Å². The van der Waals surface area contributed by atoms with E-state index in [1.165, 1.54) is 21.9 Å². The normalized spacial score (nSPS) is 12.4. The molecule has 6 aromatic rings. The summed E-state index contributed by atoms with van der Waals surface area (Å²) in [5, 5.41) is 4.67. The van der Waals surface area contributed by atoms with Gasteiger partial charge in [0.2, 0.25) is 0 Å². The van der Waals surface area contributed by atoms with Crippen LogP contribution in [0.1, 0.15) is 57.1 Å². The van der Waals surface area contributed by atoms with Gasteiger partial charge in [0, 0.05) is 28.1 Å². The zero-order valence-electron chi connectivity index (χ0n) is 23.4. The Morgan fingerprint density at radius 2 is 1.63 bits per heavy atom. The van der Waals surface area contributed by atoms with Crippen LogP contribution >= 0.6 is 0 Å². The number of furan rings is 2. The number of hydrogen-bond acceptors (Lipinski definition) is 3. The Labute approximate surface area is 224 Å². The zero-order valence-corrected chi connectivity index (χ0v) is 23.4. The van der Waals surface area contributed by atoms with Crippen molar-refractivity contribution in [3.8, 4) is 22.6 Å². The van der Waals surface area contributed by atoms with E-state index in [0.29, 0.717) is 5.92 Å². The smallest absolute Gasteiger partial charge is 0.161 e. The number of benzene rings is 3. The highest BCUT2D eigenvalue weighted by molar-refractivity contribution is 6.02. The van der Waals surface area contributed by atoms with Crippen LogP contribution in [0.2, 0.25) is 0 Å². The van der Waals surface area contributed by atoms with Crippen molar-refractivity contribution in [2.24, 2.45) is 5.92 Å². The molecule has 0 aliphatic carbocycles. The summed E-state index contributed by atoms with van der Waals surface area (Å²) >= 11 is 0. The zero-order chi connectivity index (χ0) is 26.8. The molecule has 3 heterocycles. The van der Waals surface area contributed by atoms with E-state index in [1.807, 2.05) is 13.1 Å². The first-order valence-corrected chi connectivity index (χ1v) is 13.6. The van der Waals surface area contributed by atoms with Gasteiger partial charge in [-0.1, -0.05) is 71.0 Å². The molecule has 0 N–H and O–H groups in total. The van der Waals surface area contributed by atoms with Crippen LogP contribution in [-0.4, -0.2) is 4.98 Å². The summed E-state index contributed by atoms with van der Waals surface area (Å²) in [5.74, 6) is 2.33. The van der Waals surface area contributed by atoms with Crippen molar-refractivity contribution in [2.75, 3.05) is 0 Å².